The molecule has 0 unspecified atom stereocenters. The van der Waals surface area contributed by atoms with Crippen molar-refractivity contribution < 1.29 is 9.59 Å². The van der Waals surface area contributed by atoms with E-state index in [2.05, 4.69) is 10.6 Å². The van der Waals surface area contributed by atoms with Crippen molar-refractivity contribution in [1.29, 1.82) is 0 Å². The van der Waals surface area contributed by atoms with Crippen molar-refractivity contribution in [1.82, 2.24) is 10.2 Å². The first-order valence-electron chi connectivity index (χ1n) is 6.07. The molecule has 2 rings (SSSR count). The highest BCUT2D eigenvalue weighted by atomic mass is 35.5. The molecule has 1 aromatic carbocycles. The molecule has 0 spiro atoms. The number of halogens is 1. The molecule has 19 heavy (non-hydrogen) atoms. The van der Waals surface area contributed by atoms with Gasteiger partial charge in [0.25, 0.3) is 0 Å². The second kappa shape index (κ2) is 6.04. The van der Waals surface area contributed by atoms with E-state index < -0.39 is 0 Å². The Hall–Kier alpha value is -1.59. The molecule has 0 bridgehead atoms. The van der Waals surface area contributed by atoms with Gasteiger partial charge in [-0.1, -0.05) is 17.7 Å². The highest BCUT2D eigenvalue weighted by molar-refractivity contribution is 6.30. The fourth-order valence-corrected chi connectivity index (χ4v) is 2.03. The second-order valence-corrected chi connectivity index (χ2v) is 5.04. The summed E-state index contributed by atoms with van der Waals surface area (Å²) in [5.74, 6) is -0.227. The van der Waals surface area contributed by atoms with Gasteiger partial charge in [0.05, 0.1) is 12.5 Å². The number of hydrogen-bond donors (Lipinski definition) is 2. The van der Waals surface area contributed by atoms with Gasteiger partial charge in [-0.15, -0.1) is 0 Å². The molecule has 1 fully saturated rings. The van der Waals surface area contributed by atoms with Crippen LogP contribution in [0.3, 0.4) is 0 Å². The van der Waals surface area contributed by atoms with Gasteiger partial charge in [-0.25, -0.2) is 0 Å². The number of anilines is 1. The molecule has 1 saturated heterocycles. The van der Waals surface area contributed by atoms with Gasteiger partial charge in [-0.3, -0.25) is 9.59 Å². The van der Waals surface area contributed by atoms with E-state index in [1.807, 2.05) is 0 Å². The predicted molar refractivity (Wildman–Crippen MR) is 74.1 cm³/mol. The van der Waals surface area contributed by atoms with Crippen molar-refractivity contribution in [2.24, 2.45) is 5.92 Å². The lowest BCUT2D eigenvalue weighted by atomic mass is 10.0. The van der Waals surface area contributed by atoms with Crippen molar-refractivity contribution in [3.8, 4) is 0 Å². The maximum Gasteiger partial charge on any atom is 0.243 e. The molecule has 6 heteroatoms. The third kappa shape index (κ3) is 3.68. The smallest absolute Gasteiger partial charge is 0.243 e. The van der Waals surface area contributed by atoms with E-state index in [0.717, 1.165) is 0 Å². The van der Waals surface area contributed by atoms with Crippen LogP contribution in [0, 0.1) is 5.92 Å². The van der Waals surface area contributed by atoms with Crippen LogP contribution in [-0.2, 0) is 9.59 Å². The first-order valence-corrected chi connectivity index (χ1v) is 6.45. The zero-order chi connectivity index (χ0) is 13.8. The molecule has 0 aromatic heterocycles. The molecule has 1 aliphatic rings. The lowest BCUT2D eigenvalue weighted by molar-refractivity contribution is -0.138. The SMILES string of the molecule is CN(CC(=O)Nc1cccc(Cl)c1)C(=O)C1CNC1. The van der Waals surface area contributed by atoms with E-state index in [1.54, 1.807) is 31.3 Å². The van der Waals surface area contributed by atoms with E-state index in [-0.39, 0.29) is 24.3 Å². The molecule has 0 saturated carbocycles. The molecule has 5 nitrogen and oxygen atoms in total. The summed E-state index contributed by atoms with van der Waals surface area (Å²) in [6.07, 6.45) is 0. The van der Waals surface area contributed by atoms with Crippen molar-refractivity contribution in [2.45, 2.75) is 0 Å². The van der Waals surface area contributed by atoms with Crippen molar-refractivity contribution >= 4 is 29.1 Å². The Kier molecular flexibility index (Phi) is 4.39. The molecule has 102 valence electrons. The Morgan fingerprint density at radius 3 is 2.79 bits per heavy atom. The molecule has 1 aromatic rings. The van der Waals surface area contributed by atoms with Gasteiger partial charge in [0.2, 0.25) is 11.8 Å². The zero-order valence-electron chi connectivity index (χ0n) is 10.6. The molecular weight excluding hydrogens is 266 g/mol. The van der Waals surface area contributed by atoms with Crippen LogP contribution in [0.1, 0.15) is 0 Å². The summed E-state index contributed by atoms with van der Waals surface area (Å²) in [6.45, 7) is 1.43. The second-order valence-electron chi connectivity index (χ2n) is 4.61. The number of nitrogens with zero attached hydrogens (tertiary/aromatic N) is 1. The molecule has 0 atom stereocenters. The van der Waals surface area contributed by atoms with Gasteiger partial charge in [-0.2, -0.15) is 0 Å². The monoisotopic (exact) mass is 281 g/mol. The number of carbonyl (C=O) groups excluding carboxylic acids is 2. The number of carbonyl (C=O) groups is 2. The van der Waals surface area contributed by atoms with Gasteiger partial charge < -0.3 is 15.5 Å². The first kappa shape index (κ1) is 13.8. The number of amides is 2. The number of hydrogen-bond acceptors (Lipinski definition) is 3. The number of likely N-dealkylation sites (N-methyl/N-ethyl adjacent to an activating group) is 1. The van der Waals surface area contributed by atoms with Crippen LogP contribution in [-0.4, -0.2) is 43.4 Å². The topological polar surface area (TPSA) is 61.4 Å². The average molecular weight is 282 g/mol. The van der Waals surface area contributed by atoms with E-state index in [4.69, 9.17) is 11.6 Å². The summed E-state index contributed by atoms with van der Waals surface area (Å²) < 4.78 is 0. The maximum atomic E-state index is 11.9. The molecular formula is C13H16ClN3O2. The van der Waals surface area contributed by atoms with Gasteiger partial charge in [0.1, 0.15) is 0 Å². The van der Waals surface area contributed by atoms with Crippen LogP contribution in [0.25, 0.3) is 0 Å². The Bertz CT molecular complexity index is 489. The highest BCUT2D eigenvalue weighted by Crippen LogP contribution is 2.15. The Balaban J connectivity index is 1.85. The third-order valence-corrected chi connectivity index (χ3v) is 3.23. The largest absolute Gasteiger partial charge is 0.336 e. The molecule has 1 aliphatic heterocycles. The van der Waals surface area contributed by atoms with Crippen LogP contribution in [0.5, 0.6) is 0 Å². The van der Waals surface area contributed by atoms with E-state index in [9.17, 15) is 9.59 Å². The third-order valence-electron chi connectivity index (χ3n) is 3.00. The van der Waals surface area contributed by atoms with Gasteiger partial charge in [0.15, 0.2) is 0 Å². The summed E-state index contributed by atoms with van der Waals surface area (Å²) in [6, 6.07) is 6.90. The molecule has 0 aliphatic carbocycles. The van der Waals surface area contributed by atoms with Gasteiger partial charge in [-0.05, 0) is 18.2 Å². The zero-order valence-corrected chi connectivity index (χ0v) is 11.4. The Labute approximate surface area is 116 Å². The lowest BCUT2D eigenvalue weighted by Gasteiger charge is -2.29. The Morgan fingerprint density at radius 1 is 1.47 bits per heavy atom. The van der Waals surface area contributed by atoms with Crippen LogP contribution < -0.4 is 10.6 Å². The van der Waals surface area contributed by atoms with Crippen LogP contribution >= 0.6 is 11.6 Å². The summed E-state index contributed by atoms with van der Waals surface area (Å²) >= 11 is 5.83. The minimum absolute atomic E-state index is 0.00000548. The lowest BCUT2D eigenvalue weighted by Crippen LogP contribution is -2.52. The number of nitrogens with one attached hydrogen (secondary N) is 2. The summed E-state index contributed by atoms with van der Waals surface area (Å²) in [7, 11) is 1.64. The molecule has 2 amide bonds. The number of rotatable bonds is 4. The van der Waals surface area contributed by atoms with Crippen molar-refractivity contribution in [3.63, 3.8) is 0 Å². The highest BCUT2D eigenvalue weighted by Gasteiger charge is 2.28. The minimum Gasteiger partial charge on any atom is -0.336 e. The predicted octanol–water partition coefficient (Wildman–Crippen LogP) is 0.956. The van der Waals surface area contributed by atoms with Crippen LogP contribution in [0.4, 0.5) is 5.69 Å². The molecule has 0 radical (unpaired) electrons. The maximum absolute atomic E-state index is 11.9. The summed E-state index contributed by atoms with van der Waals surface area (Å²) in [4.78, 5) is 25.1. The average Bonchev–Trinajstić information content (AvgIpc) is 2.26. The first-order chi connectivity index (χ1) is 9.06. The van der Waals surface area contributed by atoms with E-state index in [1.165, 1.54) is 4.90 Å². The van der Waals surface area contributed by atoms with E-state index in [0.29, 0.717) is 23.8 Å². The fraction of sp³-hybridized carbons (Fsp3) is 0.385. The van der Waals surface area contributed by atoms with Gasteiger partial charge >= 0.3 is 0 Å². The van der Waals surface area contributed by atoms with Crippen molar-refractivity contribution in [3.05, 3.63) is 29.3 Å². The Morgan fingerprint density at radius 2 is 2.21 bits per heavy atom. The summed E-state index contributed by atoms with van der Waals surface area (Å²) in [5, 5.41) is 6.30. The number of benzene rings is 1. The quantitative estimate of drug-likeness (QED) is 0.864. The molecule has 2 N–H and O–H groups in total. The van der Waals surface area contributed by atoms with Crippen LogP contribution in [0.15, 0.2) is 24.3 Å². The fourth-order valence-electron chi connectivity index (χ4n) is 1.84. The standard InChI is InChI=1S/C13H16ClN3O2/c1-17(13(19)9-6-15-7-9)8-12(18)16-11-4-2-3-10(14)5-11/h2-5,9,15H,6-8H2,1H3,(H,16,18). The van der Waals surface area contributed by atoms with Crippen molar-refractivity contribution in [2.75, 3.05) is 32.0 Å². The van der Waals surface area contributed by atoms with Gasteiger partial charge in [0, 0.05) is 30.8 Å². The minimum atomic E-state index is -0.231. The van der Waals surface area contributed by atoms with Crippen LogP contribution in [0.2, 0.25) is 5.02 Å². The van der Waals surface area contributed by atoms with E-state index >= 15 is 0 Å². The normalized spacial score (nSPS) is 14.6. The molecule has 1 heterocycles. The summed E-state index contributed by atoms with van der Waals surface area (Å²) in [5.41, 5.74) is 0.628.